The van der Waals surface area contributed by atoms with Gasteiger partial charge in [0.1, 0.15) is 5.76 Å². The Hall–Kier alpha value is -2.24. The molecule has 0 aliphatic rings. The molecule has 2 heterocycles. The molecule has 0 N–H and O–H groups in total. The van der Waals surface area contributed by atoms with Gasteiger partial charge in [-0.1, -0.05) is 17.7 Å². The first-order chi connectivity index (χ1) is 11.1. The van der Waals surface area contributed by atoms with Crippen LogP contribution in [0.5, 0.6) is 0 Å². The summed E-state index contributed by atoms with van der Waals surface area (Å²) >= 11 is 6.03. The monoisotopic (exact) mass is 328 g/mol. The second-order valence-electron chi connectivity index (χ2n) is 5.40. The molecule has 0 bridgehead atoms. The highest BCUT2D eigenvalue weighted by Crippen LogP contribution is 2.24. The van der Waals surface area contributed by atoms with Crippen LogP contribution in [0.4, 0.5) is 0 Å². The lowest BCUT2D eigenvalue weighted by Crippen LogP contribution is -2.18. The van der Waals surface area contributed by atoms with Crippen LogP contribution >= 0.6 is 11.6 Å². The van der Waals surface area contributed by atoms with Crippen LogP contribution in [0.3, 0.4) is 0 Å². The topological polar surface area (TPSA) is 55.1 Å². The molecule has 3 rings (SSSR count). The van der Waals surface area contributed by atoms with Crippen LogP contribution in [0, 0.1) is 6.92 Å². The zero-order valence-corrected chi connectivity index (χ0v) is 13.8. The largest absolute Gasteiger partial charge is 0.441 e. The van der Waals surface area contributed by atoms with Crippen LogP contribution in [0.15, 0.2) is 47.3 Å². The van der Waals surface area contributed by atoms with Crippen molar-refractivity contribution in [1.82, 2.24) is 19.9 Å². The van der Waals surface area contributed by atoms with E-state index < -0.39 is 0 Å². The number of aryl methyl sites for hydroxylation is 1. The fourth-order valence-electron chi connectivity index (χ4n) is 2.32. The molecule has 3 aromatic rings. The number of benzene rings is 1. The number of nitrogens with zero attached hydrogens (tertiary/aromatic N) is 4. The summed E-state index contributed by atoms with van der Waals surface area (Å²) < 4.78 is 5.78. The number of oxazole rings is 1. The minimum absolute atomic E-state index is 0.591. The standard InChI is InChI=1S/C17H17ClN4O/c1-12-16(11-22(2)10-15-9-19-6-7-20-15)21-17(23-12)13-4-3-5-14(18)8-13/h3-9H,10-11H2,1-2H3. The average molecular weight is 329 g/mol. The van der Waals surface area contributed by atoms with Crippen LogP contribution in [0.25, 0.3) is 11.5 Å². The van der Waals surface area contributed by atoms with E-state index >= 15 is 0 Å². The lowest BCUT2D eigenvalue weighted by atomic mass is 10.2. The minimum atomic E-state index is 0.591. The van der Waals surface area contributed by atoms with Crippen LogP contribution in [0.1, 0.15) is 17.1 Å². The normalized spacial score (nSPS) is 11.1. The van der Waals surface area contributed by atoms with Crippen molar-refractivity contribution in [3.8, 4) is 11.5 Å². The Bertz CT molecular complexity index is 788. The van der Waals surface area contributed by atoms with E-state index in [0.29, 0.717) is 24.0 Å². The SMILES string of the molecule is Cc1oc(-c2cccc(Cl)c2)nc1CN(C)Cc1cnccn1. The van der Waals surface area contributed by atoms with Gasteiger partial charge in [0.25, 0.3) is 0 Å². The van der Waals surface area contributed by atoms with Crippen molar-refractivity contribution in [2.24, 2.45) is 0 Å². The number of hydrogen-bond acceptors (Lipinski definition) is 5. The van der Waals surface area contributed by atoms with E-state index in [4.69, 9.17) is 16.0 Å². The number of aromatic nitrogens is 3. The Kier molecular flexibility index (Phi) is 4.69. The molecule has 0 aliphatic carbocycles. The van der Waals surface area contributed by atoms with Crippen molar-refractivity contribution in [3.63, 3.8) is 0 Å². The zero-order chi connectivity index (χ0) is 16.2. The van der Waals surface area contributed by atoms with E-state index in [1.165, 1.54) is 0 Å². The maximum atomic E-state index is 6.03. The Balaban J connectivity index is 1.73. The molecular formula is C17H17ClN4O. The highest BCUT2D eigenvalue weighted by molar-refractivity contribution is 6.30. The van der Waals surface area contributed by atoms with E-state index in [-0.39, 0.29) is 0 Å². The van der Waals surface area contributed by atoms with Crippen molar-refractivity contribution < 1.29 is 4.42 Å². The predicted octanol–water partition coefficient (Wildman–Crippen LogP) is 3.73. The van der Waals surface area contributed by atoms with E-state index in [0.717, 1.165) is 22.7 Å². The van der Waals surface area contributed by atoms with Crippen LogP contribution in [0.2, 0.25) is 5.02 Å². The molecule has 0 saturated carbocycles. The Labute approximate surface area is 140 Å². The van der Waals surface area contributed by atoms with Gasteiger partial charge in [-0.15, -0.1) is 0 Å². The van der Waals surface area contributed by atoms with Gasteiger partial charge in [0, 0.05) is 42.3 Å². The van der Waals surface area contributed by atoms with E-state index in [2.05, 4.69) is 19.9 Å². The lowest BCUT2D eigenvalue weighted by molar-refractivity contribution is 0.309. The van der Waals surface area contributed by atoms with E-state index in [9.17, 15) is 0 Å². The highest BCUT2D eigenvalue weighted by atomic mass is 35.5. The summed E-state index contributed by atoms with van der Waals surface area (Å²) in [6.07, 6.45) is 5.13. The van der Waals surface area contributed by atoms with Crippen molar-refractivity contribution >= 4 is 11.6 Å². The quantitative estimate of drug-likeness (QED) is 0.714. The summed E-state index contributed by atoms with van der Waals surface area (Å²) in [5.41, 5.74) is 2.71. The van der Waals surface area contributed by atoms with Crippen LogP contribution in [-0.4, -0.2) is 26.9 Å². The summed E-state index contributed by atoms with van der Waals surface area (Å²) in [6, 6.07) is 7.50. The molecule has 0 fully saturated rings. The van der Waals surface area contributed by atoms with Gasteiger partial charge in [0.2, 0.25) is 5.89 Å². The third-order valence-corrected chi connectivity index (χ3v) is 3.67. The smallest absolute Gasteiger partial charge is 0.226 e. The van der Waals surface area contributed by atoms with Gasteiger partial charge in [-0.05, 0) is 32.2 Å². The summed E-state index contributed by atoms with van der Waals surface area (Å²) in [6.45, 7) is 3.30. The van der Waals surface area contributed by atoms with Gasteiger partial charge < -0.3 is 4.42 Å². The highest BCUT2D eigenvalue weighted by Gasteiger charge is 2.14. The van der Waals surface area contributed by atoms with Gasteiger partial charge in [-0.3, -0.25) is 14.9 Å². The fourth-order valence-corrected chi connectivity index (χ4v) is 2.51. The molecule has 0 radical (unpaired) electrons. The molecule has 5 nitrogen and oxygen atoms in total. The first-order valence-electron chi connectivity index (χ1n) is 7.27. The molecule has 0 atom stereocenters. The predicted molar refractivity (Wildman–Crippen MR) is 88.9 cm³/mol. The molecule has 2 aromatic heterocycles. The van der Waals surface area contributed by atoms with Gasteiger partial charge >= 0.3 is 0 Å². The van der Waals surface area contributed by atoms with E-state index in [1.54, 1.807) is 18.6 Å². The molecule has 0 amide bonds. The van der Waals surface area contributed by atoms with Gasteiger partial charge in [-0.2, -0.15) is 0 Å². The van der Waals surface area contributed by atoms with Crippen molar-refractivity contribution in [2.75, 3.05) is 7.05 Å². The zero-order valence-electron chi connectivity index (χ0n) is 13.0. The second-order valence-corrected chi connectivity index (χ2v) is 5.84. The minimum Gasteiger partial charge on any atom is -0.441 e. The van der Waals surface area contributed by atoms with Gasteiger partial charge in [0.05, 0.1) is 11.4 Å². The summed E-state index contributed by atoms with van der Waals surface area (Å²) in [4.78, 5) is 15.1. The summed E-state index contributed by atoms with van der Waals surface area (Å²) in [5, 5.41) is 0.666. The molecule has 0 aliphatic heterocycles. The third-order valence-electron chi connectivity index (χ3n) is 3.43. The lowest BCUT2D eigenvalue weighted by Gasteiger charge is -2.14. The molecule has 0 unspecified atom stereocenters. The van der Waals surface area contributed by atoms with Crippen molar-refractivity contribution in [3.05, 3.63) is 65.0 Å². The molecule has 0 saturated heterocycles. The summed E-state index contributed by atoms with van der Waals surface area (Å²) in [7, 11) is 2.02. The van der Waals surface area contributed by atoms with Crippen molar-refractivity contribution in [1.29, 1.82) is 0 Å². The van der Waals surface area contributed by atoms with E-state index in [1.807, 2.05) is 38.2 Å². The summed E-state index contributed by atoms with van der Waals surface area (Å²) in [5.74, 6) is 1.40. The Morgan fingerprint density at radius 3 is 2.83 bits per heavy atom. The van der Waals surface area contributed by atoms with Crippen LogP contribution in [-0.2, 0) is 13.1 Å². The number of halogens is 1. The fraction of sp³-hybridized carbons (Fsp3) is 0.235. The molecule has 6 heteroatoms. The maximum absolute atomic E-state index is 6.03. The first kappa shape index (κ1) is 15.6. The third kappa shape index (κ3) is 3.94. The molecule has 1 aromatic carbocycles. The second kappa shape index (κ2) is 6.89. The number of hydrogen-bond donors (Lipinski definition) is 0. The molecule has 23 heavy (non-hydrogen) atoms. The molecular weight excluding hydrogens is 312 g/mol. The Morgan fingerprint density at radius 1 is 1.22 bits per heavy atom. The molecule has 118 valence electrons. The van der Waals surface area contributed by atoms with Crippen LogP contribution < -0.4 is 0 Å². The van der Waals surface area contributed by atoms with Crippen molar-refractivity contribution in [2.45, 2.75) is 20.0 Å². The Morgan fingerprint density at radius 2 is 2.09 bits per heavy atom. The molecule has 0 spiro atoms. The maximum Gasteiger partial charge on any atom is 0.226 e. The van der Waals surface area contributed by atoms with Gasteiger partial charge in [-0.25, -0.2) is 4.98 Å². The van der Waals surface area contributed by atoms with Gasteiger partial charge in [0.15, 0.2) is 0 Å². The average Bonchev–Trinajstić information content (AvgIpc) is 2.89. The first-order valence-corrected chi connectivity index (χ1v) is 7.65. The number of rotatable bonds is 5.